The summed E-state index contributed by atoms with van der Waals surface area (Å²) in [5, 5.41) is 10.1. The molecule has 2 saturated carbocycles. The highest BCUT2D eigenvalue weighted by atomic mass is 32.1. The topological polar surface area (TPSA) is 66.8 Å². The molecular weight excluding hydrogens is 454 g/mol. The van der Waals surface area contributed by atoms with Crippen LogP contribution < -0.4 is 4.90 Å². The third-order valence-electron chi connectivity index (χ3n) is 7.70. The second kappa shape index (κ2) is 11.4. The van der Waals surface area contributed by atoms with E-state index in [2.05, 4.69) is 25.6 Å². The molecule has 0 aliphatic heterocycles. The van der Waals surface area contributed by atoms with Crippen LogP contribution in [0.25, 0.3) is 5.57 Å². The summed E-state index contributed by atoms with van der Waals surface area (Å²) >= 11 is 5.54. The number of aromatic carboxylic acids is 1. The number of thiophene rings is 1. The maximum absolute atomic E-state index is 14.0. The van der Waals surface area contributed by atoms with Crippen LogP contribution in [0.4, 0.5) is 5.69 Å². The van der Waals surface area contributed by atoms with Gasteiger partial charge in [0.2, 0.25) is 5.91 Å². The summed E-state index contributed by atoms with van der Waals surface area (Å²) in [5.74, 6) is 0.262. The molecule has 1 amide bonds. The van der Waals surface area contributed by atoms with E-state index in [-0.39, 0.29) is 24.0 Å². The normalized spacial score (nSPS) is 28.2. The zero-order chi connectivity index (χ0) is 23.4. The van der Waals surface area contributed by atoms with Gasteiger partial charge in [0.05, 0.1) is 17.7 Å². The van der Waals surface area contributed by atoms with Gasteiger partial charge < -0.3 is 14.7 Å². The number of anilines is 1. The van der Waals surface area contributed by atoms with E-state index in [9.17, 15) is 14.7 Å². The number of rotatable bonds is 7. The number of carboxylic acid groups (broad SMARTS) is 1. The summed E-state index contributed by atoms with van der Waals surface area (Å²) in [5.41, 5.74) is 1.86. The van der Waals surface area contributed by atoms with Gasteiger partial charge in [0.15, 0.2) is 0 Å². The van der Waals surface area contributed by atoms with E-state index in [1.807, 2.05) is 11.0 Å². The van der Waals surface area contributed by atoms with Gasteiger partial charge in [-0.15, -0.1) is 11.3 Å². The summed E-state index contributed by atoms with van der Waals surface area (Å²) < 4.78 is 5.71. The molecule has 182 valence electrons. The zero-order valence-corrected chi connectivity index (χ0v) is 21.3. The quantitative estimate of drug-likeness (QED) is 0.326. The van der Waals surface area contributed by atoms with Gasteiger partial charge in [0.25, 0.3) is 0 Å². The molecule has 0 aromatic carbocycles. The molecule has 0 radical (unpaired) electrons. The van der Waals surface area contributed by atoms with Crippen molar-refractivity contribution in [1.82, 2.24) is 0 Å². The van der Waals surface area contributed by atoms with Gasteiger partial charge in [-0.3, -0.25) is 4.79 Å². The molecule has 0 spiro atoms. The predicted octanol–water partition coefficient (Wildman–Crippen LogP) is 6.78. The molecule has 1 N–H and O–H groups in total. The Morgan fingerprint density at radius 2 is 1.85 bits per heavy atom. The summed E-state index contributed by atoms with van der Waals surface area (Å²) in [6.07, 6.45) is 14.1. The molecule has 3 aliphatic carbocycles. The Labute approximate surface area is 207 Å². The molecule has 4 rings (SSSR count). The minimum absolute atomic E-state index is 0.00786. The Balaban J connectivity index is 1.66. The van der Waals surface area contributed by atoms with Crippen LogP contribution in [0, 0.1) is 11.8 Å². The lowest BCUT2D eigenvalue weighted by atomic mass is 9.81. The highest BCUT2D eigenvalue weighted by Crippen LogP contribution is 2.42. The standard InChI is InChI=1S/C26H37NO4S2/c1-17-7-9-19(10-8-17)25(28)27(20-11-13-21(14-12-20)31-16-32)22-15-23(33-24(22)26(29)30)18-5-3-2-4-6-18/h5,15,17,19-21,32H,2-4,6-14,16H2,1H3,(H,29,30). The second-order valence-electron chi connectivity index (χ2n) is 10.00. The summed E-state index contributed by atoms with van der Waals surface area (Å²) in [7, 11) is 0. The first-order valence-corrected chi connectivity index (χ1v) is 14.0. The fraction of sp³-hybridized carbons (Fsp3) is 0.692. The SMILES string of the molecule is CC1CCC(C(=O)N(c2cc(C3=CCCCC3)sc2C(=O)O)C2CCC(OCS)CC2)CC1. The minimum Gasteiger partial charge on any atom is -0.477 e. The molecule has 0 atom stereocenters. The molecule has 0 bridgehead atoms. The van der Waals surface area contributed by atoms with Crippen molar-refractivity contribution >= 4 is 47.1 Å². The fourth-order valence-corrected chi connectivity index (χ4v) is 6.98. The van der Waals surface area contributed by atoms with Crippen molar-refractivity contribution in [2.75, 3.05) is 10.8 Å². The Bertz CT molecular complexity index is 864. The Hall–Kier alpha value is -1.31. The lowest BCUT2D eigenvalue weighted by molar-refractivity contribution is -0.124. The second-order valence-corrected chi connectivity index (χ2v) is 11.3. The lowest BCUT2D eigenvalue weighted by Crippen LogP contribution is -2.47. The smallest absolute Gasteiger partial charge is 0.348 e. The number of thiol groups is 1. The van der Waals surface area contributed by atoms with Crippen molar-refractivity contribution in [1.29, 1.82) is 0 Å². The molecule has 3 aliphatic rings. The van der Waals surface area contributed by atoms with E-state index < -0.39 is 5.97 Å². The summed E-state index contributed by atoms with van der Waals surface area (Å²) in [6.45, 7) is 2.26. The molecule has 1 aromatic rings. The summed E-state index contributed by atoms with van der Waals surface area (Å²) in [6, 6.07) is 2.03. The highest BCUT2D eigenvalue weighted by molar-refractivity contribution is 7.80. The number of allylic oxidation sites excluding steroid dienone is 2. The van der Waals surface area contributed by atoms with Crippen LogP contribution in [0.2, 0.25) is 0 Å². The van der Waals surface area contributed by atoms with Gasteiger partial charge in [0.1, 0.15) is 4.88 Å². The van der Waals surface area contributed by atoms with Gasteiger partial charge in [-0.2, -0.15) is 12.6 Å². The highest BCUT2D eigenvalue weighted by Gasteiger charge is 2.37. The molecule has 0 saturated heterocycles. The van der Waals surface area contributed by atoms with Crippen LogP contribution in [0.15, 0.2) is 12.1 Å². The van der Waals surface area contributed by atoms with E-state index in [1.165, 1.54) is 23.3 Å². The number of nitrogens with zero attached hydrogens (tertiary/aromatic N) is 1. The first-order valence-electron chi connectivity index (χ1n) is 12.6. The molecule has 2 fully saturated rings. The van der Waals surface area contributed by atoms with Gasteiger partial charge in [0, 0.05) is 16.8 Å². The number of carbonyl (C=O) groups is 2. The zero-order valence-electron chi connectivity index (χ0n) is 19.6. The molecule has 33 heavy (non-hydrogen) atoms. The van der Waals surface area contributed by atoms with E-state index in [4.69, 9.17) is 4.74 Å². The Morgan fingerprint density at radius 3 is 2.45 bits per heavy atom. The van der Waals surface area contributed by atoms with E-state index in [1.54, 1.807) is 0 Å². The minimum atomic E-state index is -0.931. The number of hydrogen-bond acceptors (Lipinski definition) is 5. The number of amides is 1. The number of carboxylic acids is 1. The third kappa shape index (κ3) is 5.85. The maximum atomic E-state index is 14.0. The lowest BCUT2D eigenvalue weighted by Gasteiger charge is -2.39. The predicted molar refractivity (Wildman–Crippen MR) is 137 cm³/mol. The van der Waals surface area contributed by atoms with Gasteiger partial charge in [-0.25, -0.2) is 4.79 Å². The molecular formula is C26H37NO4S2. The largest absolute Gasteiger partial charge is 0.477 e. The van der Waals surface area contributed by atoms with Crippen LogP contribution in [-0.4, -0.2) is 35.1 Å². The molecule has 5 nitrogen and oxygen atoms in total. The van der Waals surface area contributed by atoms with Crippen LogP contribution in [0.3, 0.4) is 0 Å². The molecule has 1 heterocycles. The van der Waals surface area contributed by atoms with Crippen LogP contribution in [0.1, 0.15) is 98.5 Å². The van der Waals surface area contributed by atoms with Crippen molar-refractivity contribution in [3.8, 4) is 0 Å². The van der Waals surface area contributed by atoms with E-state index in [0.29, 0.717) is 22.4 Å². The van der Waals surface area contributed by atoms with Crippen LogP contribution >= 0.6 is 24.0 Å². The summed E-state index contributed by atoms with van der Waals surface area (Å²) in [4.78, 5) is 29.5. The fourth-order valence-electron chi connectivity index (χ4n) is 5.71. The Morgan fingerprint density at radius 1 is 1.12 bits per heavy atom. The molecule has 0 unspecified atom stereocenters. The monoisotopic (exact) mass is 491 g/mol. The van der Waals surface area contributed by atoms with Crippen molar-refractivity contribution in [2.24, 2.45) is 11.8 Å². The van der Waals surface area contributed by atoms with Crippen molar-refractivity contribution in [2.45, 2.75) is 96.1 Å². The first kappa shape index (κ1) is 24.8. The van der Waals surface area contributed by atoms with E-state index in [0.717, 1.165) is 75.5 Å². The van der Waals surface area contributed by atoms with Gasteiger partial charge >= 0.3 is 5.97 Å². The average Bonchev–Trinajstić information content (AvgIpc) is 3.27. The van der Waals surface area contributed by atoms with Crippen molar-refractivity contribution < 1.29 is 19.4 Å². The van der Waals surface area contributed by atoms with Crippen molar-refractivity contribution in [3.05, 3.63) is 21.9 Å². The van der Waals surface area contributed by atoms with Crippen LogP contribution in [-0.2, 0) is 9.53 Å². The van der Waals surface area contributed by atoms with Gasteiger partial charge in [-0.05, 0) is 94.6 Å². The molecule has 1 aromatic heterocycles. The first-order chi connectivity index (χ1) is 16.0. The average molecular weight is 492 g/mol. The Kier molecular flexibility index (Phi) is 8.58. The number of carbonyl (C=O) groups excluding carboxylic acids is 1. The van der Waals surface area contributed by atoms with Gasteiger partial charge in [-0.1, -0.05) is 13.0 Å². The molecule has 7 heteroatoms. The van der Waals surface area contributed by atoms with Crippen molar-refractivity contribution in [3.63, 3.8) is 0 Å². The van der Waals surface area contributed by atoms with E-state index >= 15 is 0 Å². The number of hydrogen-bond donors (Lipinski definition) is 2. The third-order valence-corrected chi connectivity index (χ3v) is 9.03. The van der Waals surface area contributed by atoms with Crippen LogP contribution in [0.5, 0.6) is 0 Å². The maximum Gasteiger partial charge on any atom is 0.348 e. The number of ether oxygens (including phenoxy) is 1.